The maximum Gasteiger partial charge on any atom is 0.322 e. The molecule has 1 aromatic heterocycles. The molecule has 1 aromatic rings. The van der Waals surface area contributed by atoms with Crippen LogP contribution in [0.3, 0.4) is 0 Å². The zero-order valence-electron chi connectivity index (χ0n) is 11.2. The predicted molar refractivity (Wildman–Crippen MR) is 76.9 cm³/mol. The summed E-state index contributed by atoms with van der Waals surface area (Å²) in [4.78, 5) is 14.4. The average molecular weight is 291 g/mol. The number of halogens is 1. The summed E-state index contributed by atoms with van der Waals surface area (Å²) in [6.45, 7) is 4.53. The first kappa shape index (κ1) is 15.3. The van der Waals surface area contributed by atoms with Gasteiger partial charge in [-0.05, 0) is 31.2 Å². The zero-order valence-corrected chi connectivity index (χ0v) is 12.8. The highest BCUT2D eigenvalue weighted by Gasteiger charge is 2.17. The van der Waals surface area contributed by atoms with Crippen molar-refractivity contribution in [3.63, 3.8) is 0 Å². The number of rotatable bonds is 7. The van der Waals surface area contributed by atoms with Crippen LogP contribution in [0, 0.1) is 0 Å². The summed E-state index contributed by atoms with van der Waals surface area (Å²) in [5, 5.41) is 0.161. The highest BCUT2D eigenvalue weighted by atomic mass is 35.5. The molecule has 102 valence electrons. The van der Waals surface area contributed by atoms with Gasteiger partial charge in [0.15, 0.2) is 0 Å². The van der Waals surface area contributed by atoms with E-state index in [2.05, 4.69) is 28.1 Å². The molecule has 0 N–H and O–H groups in total. The van der Waals surface area contributed by atoms with E-state index in [-0.39, 0.29) is 11.3 Å². The molecule has 0 saturated heterocycles. The lowest BCUT2D eigenvalue weighted by Gasteiger charge is -2.26. The van der Waals surface area contributed by atoms with Crippen LogP contribution in [-0.2, 0) is 0 Å². The molecule has 1 atom stereocenters. The summed E-state index contributed by atoms with van der Waals surface area (Å²) < 4.78 is 5.27. The van der Waals surface area contributed by atoms with Gasteiger partial charge in [0.05, 0.1) is 6.61 Å². The van der Waals surface area contributed by atoms with Crippen molar-refractivity contribution in [2.45, 2.75) is 26.3 Å². The first-order chi connectivity index (χ1) is 8.62. The van der Waals surface area contributed by atoms with Gasteiger partial charge in [-0.15, -0.1) is 0 Å². The van der Waals surface area contributed by atoms with E-state index in [4.69, 9.17) is 16.3 Å². The molecule has 0 amide bonds. The Kier molecular flexibility index (Phi) is 6.49. The van der Waals surface area contributed by atoms with E-state index >= 15 is 0 Å². The van der Waals surface area contributed by atoms with Crippen molar-refractivity contribution in [2.24, 2.45) is 0 Å². The van der Waals surface area contributed by atoms with Crippen LogP contribution in [0.15, 0.2) is 0 Å². The molecule has 0 saturated carbocycles. The topological polar surface area (TPSA) is 51.1 Å². The van der Waals surface area contributed by atoms with E-state index < -0.39 is 0 Å². The standard InChI is InChI=1S/C11H19ClN4OS/c1-5-8(7-18-4)16(3)10-13-9(12)14-11(15-10)17-6-2/h8H,5-7H2,1-4H3. The molecular weight excluding hydrogens is 272 g/mol. The second-order valence-electron chi connectivity index (χ2n) is 3.75. The molecule has 18 heavy (non-hydrogen) atoms. The summed E-state index contributed by atoms with van der Waals surface area (Å²) in [5.74, 6) is 1.57. The Morgan fingerprint density at radius 2 is 2.06 bits per heavy atom. The molecular formula is C11H19ClN4OS. The van der Waals surface area contributed by atoms with E-state index in [1.165, 1.54) is 0 Å². The lowest BCUT2D eigenvalue weighted by molar-refractivity contribution is 0.311. The minimum atomic E-state index is 0.161. The molecule has 0 aliphatic carbocycles. The molecule has 7 heteroatoms. The summed E-state index contributed by atoms with van der Waals surface area (Å²) in [6, 6.07) is 0.645. The van der Waals surface area contributed by atoms with Crippen molar-refractivity contribution in [3.8, 4) is 6.01 Å². The van der Waals surface area contributed by atoms with Crippen LogP contribution in [0.1, 0.15) is 20.3 Å². The van der Waals surface area contributed by atoms with E-state index in [0.717, 1.165) is 12.2 Å². The van der Waals surface area contributed by atoms with Crippen LogP contribution in [0.2, 0.25) is 5.28 Å². The minimum absolute atomic E-state index is 0.161. The van der Waals surface area contributed by atoms with Gasteiger partial charge in [0.25, 0.3) is 0 Å². The Hall–Kier alpha value is -0.750. The van der Waals surface area contributed by atoms with Crippen LogP contribution in [0.25, 0.3) is 0 Å². The molecule has 0 aliphatic rings. The Bertz CT molecular complexity index is 380. The summed E-state index contributed by atoms with van der Waals surface area (Å²) in [6.07, 6.45) is 3.10. The molecule has 0 spiro atoms. The fourth-order valence-corrected chi connectivity index (χ4v) is 2.52. The van der Waals surface area contributed by atoms with E-state index in [0.29, 0.717) is 18.6 Å². The Morgan fingerprint density at radius 3 is 2.61 bits per heavy atom. The Labute approximate surface area is 117 Å². The van der Waals surface area contributed by atoms with Crippen molar-refractivity contribution in [1.29, 1.82) is 0 Å². The van der Waals surface area contributed by atoms with Crippen LogP contribution < -0.4 is 9.64 Å². The smallest absolute Gasteiger partial charge is 0.322 e. The number of hydrogen-bond acceptors (Lipinski definition) is 6. The second-order valence-corrected chi connectivity index (χ2v) is 5.00. The Morgan fingerprint density at radius 1 is 1.33 bits per heavy atom. The van der Waals surface area contributed by atoms with Crippen LogP contribution in [-0.4, -0.2) is 46.7 Å². The first-order valence-electron chi connectivity index (χ1n) is 5.88. The van der Waals surface area contributed by atoms with Gasteiger partial charge in [-0.1, -0.05) is 6.92 Å². The van der Waals surface area contributed by atoms with Crippen molar-refractivity contribution in [1.82, 2.24) is 15.0 Å². The molecule has 0 aromatic carbocycles. The molecule has 0 fully saturated rings. The van der Waals surface area contributed by atoms with Gasteiger partial charge in [-0.3, -0.25) is 0 Å². The number of thioether (sulfide) groups is 1. The van der Waals surface area contributed by atoms with Gasteiger partial charge in [0.1, 0.15) is 0 Å². The van der Waals surface area contributed by atoms with Crippen molar-refractivity contribution in [2.75, 3.05) is 30.6 Å². The molecule has 0 radical (unpaired) electrons. The number of ether oxygens (including phenoxy) is 1. The van der Waals surface area contributed by atoms with E-state index in [9.17, 15) is 0 Å². The molecule has 1 heterocycles. The lowest BCUT2D eigenvalue weighted by atomic mass is 10.2. The quantitative estimate of drug-likeness (QED) is 0.769. The van der Waals surface area contributed by atoms with Crippen LogP contribution >= 0.6 is 23.4 Å². The monoisotopic (exact) mass is 290 g/mol. The third-order valence-corrected chi connectivity index (χ3v) is 3.43. The van der Waals surface area contributed by atoms with Crippen molar-refractivity contribution in [3.05, 3.63) is 5.28 Å². The lowest BCUT2D eigenvalue weighted by Crippen LogP contribution is -2.34. The summed E-state index contributed by atoms with van der Waals surface area (Å²) in [5.41, 5.74) is 0. The first-order valence-corrected chi connectivity index (χ1v) is 7.65. The third-order valence-electron chi connectivity index (χ3n) is 2.54. The van der Waals surface area contributed by atoms with Crippen molar-refractivity contribution < 1.29 is 4.74 Å². The van der Waals surface area contributed by atoms with Gasteiger partial charge in [-0.2, -0.15) is 26.7 Å². The van der Waals surface area contributed by atoms with Gasteiger partial charge >= 0.3 is 6.01 Å². The Balaban J connectivity index is 2.92. The van der Waals surface area contributed by atoms with Gasteiger partial charge in [0, 0.05) is 18.8 Å². The SMILES string of the molecule is CCOc1nc(Cl)nc(N(C)C(CC)CSC)n1. The van der Waals surface area contributed by atoms with Gasteiger partial charge < -0.3 is 9.64 Å². The number of hydrogen-bond donors (Lipinski definition) is 0. The normalized spacial score (nSPS) is 12.3. The minimum Gasteiger partial charge on any atom is -0.464 e. The number of aromatic nitrogens is 3. The van der Waals surface area contributed by atoms with Gasteiger partial charge in [-0.25, -0.2) is 0 Å². The third kappa shape index (κ3) is 4.17. The molecule has 0 bridgehead atoms. The molecule has 1 unspecified atom stereocenters. The summed E-state index contributed by atoms with van der Waals surface area (Å²) in [7, 11) is 1.96. The maximum atomic E-state index is 5.88. The highest BCUT2D eigenvalue weighted by molar-refractivity contribution is 7.98. The fourth-order valence-electron chi connectivity index (χ4n) is 1.53. The molecule has 5 nitrogen and oxygen atoms in total. The molecule has 1 rings (SSSR count). The largest absolute Gasteiger partial charge is 0.464 e. The maximum absolute atomic E-state index is 5.88. The number of anilines is 1. The highest BCUT2D eigenvalue weighted by Crippen LogP contribution is 2.18. The zero-order chi connectivity index (χ0) is 13.5. The molecule has 0 aliphatic heterocycles. The van der Waals surface area contributed by atoms with E-state index in [1.54, 1.807) is 11.8 Å². The van der Waals surface area contributed by atoms with E-state index in [1.807, 2.05) is 18.9 Å². The second kappa shape index (κ2) is 7.63. The summed E-state index contributed by atoms with van der Waals surface area (Å²) >= 11 is 7.68. The van der Waals surface area contributed by atoms with Crippen molar-refractivity contribution >= 4 is 29.3 Å². The predicted octanol–water partition coefficient (Wildman–Crippen LogP) is 2.50. The number of nitrogens with zero attached hydrogens (tertiary/aromatic N) is 4. The van der Waals surface area contributed by atoms with Gasteiger partial charge in [0.2, 0.25) is 11.2 Å². The van der Waals surface area contributed by atoms with Crippen LogP contribution in [0.4, 0.5) is 5.95 Å². The van der Waals surface area contributed by atoms with Crippen LogP contribution in [0.5, 0.6) is 6.01 Å². The fraction of sp³-hybridized carbons (Fsp3) is 0.727. The average Bonchev–Trinajstić information content (AvgIpc) is 2.35.